The number of nitrogens with one attached hydrogen (secondary N) is 2. The SMILES string of the molecule is N#CCCN(C(=O)CCC(=O)NNC(=O)CC12CC3CC(CC(C3)C1)C2)c1ccccc1. The largest absolute Gasteiger partial charge is 0.311 e. The number of hydrogen-bond acceptors (Lipinski definition) is 4. The molecular formula is C25H32N4O3. The Morgan fingerprint density at radius 1 is 0.938 bits per heavy atom. The van der Waals surface area contributed by atoms with Gasteiger partial charge in [0.15, 0.2) is 0 Å². The van der Waals surface area contributed by atoms with E-state index in [1.54, 1.807) is 12.1 Å². The second-order valence-electron chi connectivity index (χ2n) is 9.98. The summed E-state index contributed by atoms with van der Waals surface area (Å²) in [5.41, 5.74) is 5.88. The molecule has 0 unspecified atom stereocenters. The van der Waals surface area contributed by atoms with E-state index in [0.717, 1.165) is 37.0 Å². The Kier molecular flexibility index (Phi) is 6.78. The lowest BCUT2D eigenvalue weighted by Gasteiger charge is -2.56. The van der Waals surface area contributed by atoms with Gasteiger partial charge in [-0.25, -0.2) is 0 Å². The van der Waals surface area contributed by atoms with Crippen LogP contribution in [0, 0.1) is 34.5 Å². The van der Waals surface area contributed by atoms with E-state index in [1.165, 1.54) is 24.2 Å². The van der Waals surface area contributed by atoms with Crippen molar-refractivity contribution in [3.05, 3.63) is 30.3 Å². The highest BCUT2D eigenvalue weighted by Gasteiger charge is 2.51. The van der Waals surface area contributed by atoms with Crippen LogP contribution >= 0.6 is 0 Å². The minimum atomic E-state index is -0.384. The van der Waals surface area contributed by atoms with Crippen molar-refractivity contribution in [3.63, 3.8) is 0 Å². The predicted molar refractivity (Wildman–Crippen MR) is 120 cm³/mol. The Balaban J connectivity index is 1.22. The number of nitrogens with zero attached hydrogens (tertiary/aromatic N) is 2. The summed E-state index contributed by atoms with van der Waals surface area (Å²) in [4.78, 5) is 39.0. The Bertz CT molecular complexity index is 857. The van der Waals surface area contributed by atoms with Crippen LogP contribution < -0.4 is 15.8 Å². The van der Waals surface area contributed by atoms with Crippen molar-refractivity contribution in [3.8, 4) is 6.07 Å². The van der Waals surface area contributed by atoms with Gasteiger partial charge in [-0.3, -0.25) is 25.2 Å². The van der Waals surface area contributed by atoms with Crippen LogP contribution in [0.25, 0.3) is 0 Å². The Morgan fingerprint density at radius 3 is 2.12 bits per heavy atom. The van der Waals surface area contributed by atoms with Crippen molar-refractivity contribution < 1.29 is 14.4 Å². The third kappa shape index (κ3) is 5.29. The maximum atomic E-state index is 12.7. The highest BCUT2D eigenvalue weighted by molar-refractivity contribution is 5.95. The number of amides is 3. The molecule has 0 aromatic heterocycles. The topological polar surface area (TPSA) is 102 Å². The zero-order chi connectivity index (χ0) is 22.6. The minimum absolute atomic E-state index is 0.0109. The molecule has 3 amide bonds. The summed E-state index contributed by atoms with van der Waals surface area (Å²) in [6, 6.07) is 11.2. The Hall–Kier alpha value is -2.88. The lowest BCUT2D eigenvalue weighted by atomic mass is 9.49. The molecule has 0 saturated heterocycles. The fourth-order valence-corrected chi connectivity index (χ4v) is 6.62. The Labute approximate surface area is 189 Å². The highest BCUT2D eigenvalue weighted by atomic mass is 16.2. The molecule has 32 heavy (non-hydrogen) atoms. The van der Waals surface area contributed by atoms with Crippen LogP contribution in [-0.2, 0) is 14.4 Å². The van der Waals surface area contributed by atoms with Gasteiger partial charge in [0, 0.05) is 31.5 Å². The quantitative estimate of drug-likeness (QED) is 0.609. The van der Waals surface area contributed by atoms with Gasteiger partial charge in [-0.1, -0.05) is 18.2 Å². The average molecular weight is 437 g/mol. The van der Waals surface area contributed by atoms with Gasteiger partial charge in [-0.2, -0.15) is 5.26 Å². The van der Waals surface area contributed by atoms with Gasteiger partial charge in [0.1, 0.15) is 0 Å². The van der Waals surface area contributed by atoms with Gasteiger partial charge < -0.3 is 4.90 Å². The molecule has 0 aliphatic heterocycles. The van der Waals surface area contributed by atoms with Crippen molar-refractivity contribution in [1.82, 2.24) is 10.9 Å². The second-order valence-corrected chi connectivity index (χ2v) is 9.98. The van der Waals surface area contributed by atoms with E-state index in [1.807, 2.05) is 18.2 Å². The van der Waals surface area contributed by atoms with Crippen molar-refractivity contribution in [2.24, 2.45) is 23.2 Å². The first kappa shape index (κ1) is 22.3. The van der Waals surface area contributed by atoms with Gasteiger partial charge in [0.2, 0.25) is 17.7 Å². The van der Waals surface area contributed by atoms with Gasteiger partial charge in [-0.15, -0.1) is 0 Å². The molecule has 5 rings (SSSR count). The molecule has 0 spiro atoms. The smallest absolute Gasteiger partial charge is 0.238 e. The van der Waals surface area contributed by atoms with Gasteiger partial charge in [-0.05, 0) is 73.8 Å². The van der Waals surface area contributed by atoms with E-state index < -0.39 is 0 Å². The molecule has 1 aromatic rings. The number of rotatable bonds is 8. The van der Waals surface area contributed by atoms with Crippen molar-refractivity contribution in [2.75, 3.05) is 11.4 Å². The monoisotopic (exact) mass is 436 g/mol. The first-order valence-electron chi connectivity index (χ1n) is 11.8. The van der Waals surface area contributed by atoms with Crippen molar-refractivity contribution in [1.29, 1.82) is 5.26 Å². The molecule has 4 aliphatic rings. The first-order valence-corrected chi connectivity index (χ1v) is 11.8. The standard InChI is InChI=1S/C25H32N4O3/c26-9-4-10-29(21-5-2-1-3-6-21)24(32)8-7-22(30)27-28-23(31)17-25-14-18-11-19(15-25)13-20(12-18)16-25/h1-3,5-6,18-20H,4,7-8,10-17H2,(H,27,30)(H,28,31). The molecule has 7 nitrogen and oxygen atoms in total. The fraction of sp³-hybridized carbons (Fsp3) is 0.600. The third-order valence-corrected chi connectivity index (χ3v) is 7.42. The Morgan fingerprint density at radius 2 is 1.53 bits per heavy atom. The molecule has 4 fully saturated rings. The fourth-order valence-electron chi connectivity index (χ4n) is 6.62. The zero-order valence-corrected chi connectivity index (χ0v) is 18.5. The van der Waals surface area contributed by atoms with Gasteiger partial charge in [0.25, 0.3) is 0 Å². The van der Waals surface area contributed by atoms with Crippen LogP contribution in [0.1, 0.15) is 64.2 Å². The molecule has 2 N–H and O–H groups in total. The lowest BCUT2D eigenvalue weighted by molar-refractivity contribution is -0.134. The van der Waals surface area contributed by atoms with E-state index in [2.05, 4.69) is 16.9 Å². The molecule has 170 valence electrons. The number of carbonyl (C=O) groups excluding carboxylic acids is 3. The number of benzene rings is 1. The predicted octanol–water partition coefficient (Wildman–Crippen LogP) is 3.47. The molecule has 0 radical (unpaired) electrons. The van der Waals surface area contributed by atoms with Crippen LogP contribution in [-0.4, -0.2) is 24.3 Å². The lowest BCUT2D eigenvalue weighted by Crippen LogP contribution is -2.50. The number of para-hydroxylation sites is 1. The molecule has 4 saturated carbocycles. The summed E-state index contributed by atoms with van der Waals surface area (Å²) in [5.74, 6) is 1.60. The van der Waals surface area contributed by atoms with Crippen LogP contribution in [0.5, 0.6) is 0 Å². The third-order valence-electron chi connectivity index (χ3n) is 7.42. The summed E-state index contributed by atoms with van der Waals surface area (Å²) in [6.45, 7) is 0.281. The molecule has 1 aromatic carbocycles. The van der Waals surface area contributed by atoms with Crippen molar-refractivity contribution >= 4 is 23.4 Å². The molecule has 0 atom stereocenters. The van der Waals surface area contributed by atoms with Crippen LogP contribution in [0.3, 0.4) is 0 Å². The normalized spacial score (nSPS) is 27.4. The van der Waals surface area contributed by atoms with E-state index in [-0.39, 0.29) is 48.9 Å². The minimum Gasteiger partial charge on any atom is -0.311 e. The van der Waals surface area contributed by atoms with Gasteiger partial charge >= 0.3 is 0 Å². The summed E-state index contributed by atoms with van der Waals surface area (Å²) >= 11 is 0. The van der Waals surface area contributed by atoms with Gasteiger partial charge in [0.05, 0.1) is 12.5 Å². The summed E-state index contributed by atoms with van der Waals surface area (Å²) < 4.78 is 0. The maximum absolute atomic E-state index is 12.7. The number of nitriles is 1. The molecular weight excluding hydrogens is 404 g/mol. The van der Waals surface area contributed by atoms with E-state index in [0.29, 0.717) is 12.1 Å². The van der Waals surface area contributed by atoms with E-state index >= 15 is 0 Å². The number of carbonyl (C=O) groups is 3. The van der Waals surface area contributed by atoms with E-state index in [4.69, 9.17) is 5.26 Å². The number of hydrogen-bond donors (Lipinski definition) is 2. The van der Waals surface area contributed by atoms with Crippen LogP contribution in [0.15, 0.2) is 30.3 Å². The van der Waals surface area contributed by atoms with Crippen LogP contribution in [0.4, 0.5) is 5.69 Å². The number of hydrazine groups is 1. The summed E-state index contributed by atoms with van der Waals surface area (Å²) in [7, 11) is 0. The summed E-state index contributed by atoms with van der Waals surface area (Å²) in [5, 5.41) is 8.88. The summed E-state index contributed by atoms with van der Waals surface area (Å²) in [6.07, 6.45) is 8.12. The second kappa shape index (κ2) is 9.72. The highest BCUT2D eigenvalue weighted by Crippen LogP contribution is 2.61. The van der Waals surface area contributed by atoms with E-state index in [9.17, 15) is 14.4 Å². The number of anilines is 1. The maximum Gasteiger partial charge on any atom is 0.238 e. The zero-order valence-electron chi connectivity index (χ0n) is 18.5. The van der Waals surface area contributed by atoms with Crippen molar-refractivity contribution in [2.45, 2.75) is 64.2 Å². The van der Waals surface area contributed by atoms with Crippen LogP contribution in [0.2, 0.25) is 0 Å². The molecule has 4 aliphatic carbocycles. The average Bonchev–Trinajstić information content (AvgIpc) is 2.76. The molecule has 4 bridgehead atoms. The molecule has 0 heterocycles. The first-order chi connectivity index (χ1) is 15.5. The molecule has 7 heteroatoms.